The number of hydrogen-bond acceptors (Lipinski definition) is 6. The number of anilines is 1. The minimum Gasteiger partial charge on any atom is -0.468 e. The Labute approximate surface area is 211 Å². The van der Waals surface area contributed by atoms with E-state index in [1.54, 1.807) is 16.9 Å². The fraction of sp³-hybridized carbons (Fsp3) is 0.556. The van der Waals surface area contributed by atoms with Gasteiger partial charge in [0, 0.05) is 24.5 Å². The number of methoxy groups -OCH3 is 1. The zero-order valence-electron chi connectivity index (χ0n) is 21.4. The Bertz CT molecular complexity index is 1150. The third-order valence-electron chi connectivity index (χ3n) is 7.67. The Morgan fingerprint density at radius 2 is 1.78 bits per heavy atom. The molecular weight excluding hydrogens is 458 g/mol. The number of rotatable bonds is 9. The number of carbonyl (C=O) groups is 3. The van der Waals surface area contributed by atoms with Gasteiger partial charge in [-0.1, -0.05) is 6.07 Å². The number of fused-ring (bicyclic) bond motifs is 1. The number of esters is 1. The zero-order valence-corrected chi connectivity index (χ0v) is 21.4. The molecule has 0 saturated heterocycles. The van der Waals surface area contributed by atoms with E-state index in [1.165, 1.54) is 7.11 Å². The van der Waals surface area contributed by atoms with Gasteiger partial charge in [0.05, 0.1) is 7.11 Å². The predicted molar refractivity (Wildman–Crippen MR) is 134 cm³/mol. The molecule has 5 rings (SSSR count). The van der Waals surface area contributed by atoms with E-state index in [9.17, 15) is 14.4 Å². The van der Waals surface area contributed by atoms with Crippen LogP contribution in [0.15, 0.2) is 30.5 Å². The SMILES string of the molecule is COC(=O)C1c2ccc(NC(=O)[C@@H](NC(=O)c3ccnn3C(C)C)C(C3CC3)C3CC3)cc2CN1C. The molecule has 3 aliphatic rings. The van der Waals surface area contributed by atoms with Gasteiger partial charge in [-0.15, -0.1) is 0 Å². The molecule has 2 saturated carbocycles. The second-order valence-corrected chi connectivity index (χ2v) is 10.7. The molecule has 2 amide bonds. The van der Waals surface area contributed by atoms with E-state index in [0.29, 0.717) is 29.8 Å². The first-order chi connectivity index (χ1) is 17.3. The summed E-state index contributed by atoms with van der Waals surface area (Å²) in [6, 6.07) is 6.29. The molecule has 9 heteroatoms. The van der Waals surface area contributed by atoms with Gasteiger partial charge < -0.3 is 15.4 Å². The summed E-state index contributed by atoms with van der Waals surface area (Å²) in [5.74, 6) is 0.306. The van der Waals surface area contributed by atoms with Crippen molar-refractivity contribution in [2.75, 3.05) is 19.5 Å². The van der Waals surface area contributed by atoms with E-state index in [2.05, 4.69) is 15.7 Å². The molecule has 36 heavy (non-hydrogen) atoms. The van der Waals surface area contributed by atoms with Gasteiger partial charge in [0.2, 0.25) is 5.91 Å². The zero-order chi connectivity index (χ0) is 25.6. The van der Waals surface area contributed by atoms with Crippen molar-refractivity contribution in [3.63, 3.8) is 0 Å². The quantitative estimate of drug-likeness (QED) is 0.520. The van der Waals surface area contributed by atoms with Crippen molar-refractivity contribution in [2.24, 2.45) is 17.8 Å². The van der Waals surface area contributed by atoms with Gasteiger partial charge in [-0.2, -0.15) is 5.10 Å². The summed E-state index contributed by atoms with van der Waals surface area (Å²) < 4.78 is 6.65. The molecule has 0 spiro atoms. The smallest absolute Gasteiger partial charge is 0.327 e. The number of nitrogens with one attached hydrogen (secondary N) is 2. The Morgan fingerprint density at radius 1 is 1.08 bits per heavy atom. The number of carbonyl (C=O) groups excluding carboxylic acids is 3. The molecule has 2 N–H and O–H groups in total. The highest BCUT2D eigenvalue weighted by molar-refractivity contribution is 6.01. The van der Waals surface area contributed by atoms with Crippen LogP contribution in [0.1, 0.15) is 73.2 Å². The van der Waals surface area contributed by atoms with E-state index in [1.807, 2.05) is 44.0 Å². The highest BCUT2D eigenvalue weighted by Crippen LogP contribution is 2.51. The summed E-state index contributed by atoms with van der Waals surface area (Å²) in [5.41, 5.74) is 2.99. The predicted octanol–water partition coefficient (Wildman–Crippen LogP) is 3.30. The van der Waals surface area contributed by atoms with Crippen LogP contribution in [-0.4, -0.2) is 52.7 Å². The first-order valence-corrected chi connectivity index (χ1v) is 12.8. The van der Waals surface area contributed by atoms with E-state index < -0.39 is 12.1 Å². The van der Waals surface area contributed by atoms with E-state index in [0.717, 1.165) is 36.8 Å². The van der Waals surface area contributed by atoms with Crippen LogP contribution in [0.4, 0.5) is 5.69 Å². The lowest BCUT2D eigenvalue weighted by Gasteiger charge is -2.28. The summed E-state index contributed by atoms with van der Waals surface area (Å²) in [6.45, 7) is 4.54. The van der Waals surface area contributed by atoms with Gasteiger partial charge in [0.1, 0.15) is 17.8 Å². The van der Waals surface area contributed by atoms with Gasteiger partial charge in [-0.05, 0) is 93.7 Å². The number of aromatic nitrogens is 2. The van der Waals surface area contributed by atoms with Crippen LogP contribution >= 0.6 is 0 Å². The molecule has 2 fully saturated rings. The van der Waals surface area contributed by atoms with Gasteiger partial charge in [0.25, 0.3) is 5.91 Å². The second-order valence-electron chi connectivity index (χ2n) is 10.7. The Hall–Kier alpha value is -3.20. The van der Waals surface area contributed by atoms with Crippen LogP contribution in [0, 0.1) is 17.8 Å². The van der Waals surface area contributed by atoms with Crippen molar-refractivity contribution in [1.29, 1.82) is 0 Å². The molecule has 2 aromatic rings. The van der Waals surface area contributed by atoms with Crippen LogP contribution < -0.4 is 10.6 Å². The maximum atomic E-state index is 13.7. The second kappa shape index (κ2) is 9.69. The maximum Gasteiger partial charge on any atom is 0.327 e. The van der Waals surface area contributed by atoms with Crippen LogP contribution in [0.25, 0.3) is 0 Å². The Balaban J connectivity index is 1.37. The molecule has 1 aromatic carbocycles. The van der Waals surface area contributed by atoms with Gasteiger partial charge >= 0.3 is 5.97 Å². The Morgan fingerprint density at radius 3 is 2.39 bits per heavy atom. The molecule has 0 radical (unpaired) electrons. The molecule has 1 unspecified atom stereocenters. The fourth-order valence-electron chi connectivity index (χ4n) is 5.67. The minimum absolute atomic E-state index is 0.0362. The van der Waals surface area contributed by atoms with Gasteiger partial charge in [-0.25, -0.2) is 4.79 Å². The standard InChI is InChI=1S/C27H35N5O4/c1-15(2)32-21(11-12-28-32)25(33)30-23(22(16-5-6-16)17-7-8-17)26(34)29-19-9-10-20-18(13-19)14-31(3)24(20)27(35)36-4/h9-13,15-17,22-24H,5-8,14H2,1-4H3,(H,29,34)(H,30,33)/t23-,24?/m0/s1. The lowest BCUT2D eigenvalue weighted by atomic mass is 9.88. The summed E-state index contributed by atoms with van der Waals surface area (Å²) >= 11 is 0. The van der Waals surface area contributed by atoms with Crippen LogP contribution in [0.5, 0.6) is 0 Å². The molecule has 1 aromatic heterocycles. The first-order valence-electron chi connectivity index (χ1n) is 12.8. The number of likely N-dealkylation sites (N-methyl/N-ethyl adjacent to an activating group) is 1. The summed E-state index contributed by atoms with van der Waals surface area (Å²) in [5, 5.41) is 10.4. The van der Waals surface area contributed by atoms with Crippen LogP contribution in [-0.2, 0) is 20.9 Å². The molecule has 1 aliphatic heterocycles. The van der Waals surface area contributed by atoms with Crippen LogP contribution in [0.2, 0.25) is 0 Å². The summed E-state index contributed by atoms with van der Waals surface area (Å²) in [4.78, 5) is 41.2. The van der Waals surface area contributed by atoms with Crippen molar-refractivity contribution in [3.05, 3.63) is 47.3 Å². The number of amides is 2. The lowest BCUT2D eigenvalue weighted by molar-refractivity contribution is -0.146. The van der Waals surface area contributed by atoms with Crippen LogP contribution in [0.3, 0.4) is 0 Å². The fourth-order valence-corrected chi connectivity index (χ4v) is 5.67. The molecule has 192 valence electrons. The highest BCUT2D eigenvalue weighted by Gasteiger charge is 2.48. The topological polar surface area (TPSA) is 106 Å². The third kappa shape index (κ3) is 4.76. The van der Waals surface area contributed by atoms with Crippen molar-refractivity contribution >= 4 is 23.5 Å². The van der Waals surface area contributed by atoms with Crippen molar-refractivity contribution in [2.45, 2.75) is 64.2 Å². The monoisotopic (exact) mass is 493 g/mol. The van der Waals surface area contributed by atoms with E-state index in [4.69, 9.17) is 4.74 Å². The molecule has 9 nitrogen and oxygen atoms in total. The lowest BCUT2D eigenvalue weighted by Crippen LogP contribution is -2.50. The van der Waals surface area contributed by atoms with Crippen molar-refractivity contribution in [3.8, 4) is 0 Å². The Kier molecular flexibility index (Phi) is 6.59. The van der Waals surface area contributed by atoms with E-state index >= 15 is 0 Å². The largest absolute Gasteiger partial charge is 0.468 e. The average molecular weight is 494 g/mol. The van der Waals surface area contributed by atoms with Crippen molar-refractivity contribution in [1.82, 2.24) is 20.0 Å². The number of benzene rings is 1. The highest BCUT2D eigenvalue weighted by atomic mass is 16.5. The normalized spacial score (nSPS) is 20.3. The van der Waals surface area contributed by atoms with E-state index in [-0.39, 0.29) is 29.7 Å². The third-order valence-corrected chi connectivity index (χ3v) is 7.67. The average Bonchev–Trinajstić information content (AvgIpc) is 3.77. The minimum atomic E-state index is -0.619. The summed E-state index contributed by atoms with van der Waals surface area (Å²) in [7, 11) is 3.27. The first kappa shape index (κ1) is 24.5. The molecule has 2 aliphatic carbocycles. The van der Waals surface area contributed by atoms with Gasteiger partial charge in [0.15, 0.2) is 0 Å². The molecule has 0 bridgehead atoms. The molecule has 2 atom stereocenters. The maximum absolute atomic E-state index is 13.7. The number of hydrogen-bond donors (Lipinski definition) is 2. The molecular formula is C27H35N5O4. The molecule has 2 heterocycles. The summed E-state index contributed by atoms with van der Waals surface area (Å²) in [6.07, 6.45) is 6.03. The number of nitrogens with zero attached hydrogens (tertiary/aromatic N) is 3. The van der Waals surface area contributed by atoms with Crippen molar-refractivity contribution < 1.29 is 19.1 Å². The van der Waals surface area contributed by atoms with Gasteiger partial charge in [-0.3, -0.25) is 19.2 Å². The number of ether oxygens (including phenoxy) is 1.